The first-order valence-corrected chi connectivity index (χ1v) is 9.26. The Morgan fingerprint density at radius 2 is 1.52 bits per heavy atom. The molecule has 2 amide bonds. The maximum absolute atomic E-state index is 12.5. The number of nitrogens with one attached hydrogen (secondary N) is 2. The summed E-state index contributed by atoms with van der Waals surface area (Å²) in [5.41, 5.74) is 1.12. The number of amides is 2. The first-order valence-electron chi connectivity index (χ1n) is 9.26. The summed E-state index contributed by atoms with van der Waals surface area (Å²) in [6, 6.07) is 12.9. The van der Waals surface area contributed by atoms with Crippen molar-refractivity contribution in [1.82, 2.24) is 0 Å². The van der Waals surface area contributed by atoms with Gasteiger partial charge in [-0.05, 0) is 77.1 Å². The van der Waals surface area contributed by atoms with Gasteiger partial charge < -0.3 is 14.8 Å². The standard InChI is InChI=1S/C22H26N2O5/c1-14(2)28-20(26)15-9-11-17(12-10-15)23-19(25)16-7-6-8-18(13-16)24-21(27)29-22(3,4)5/h6-14H,1-5H3,(H,23,25)(H,24,27). The lowest BCUT2D eigenvalue weighted by atomic mass is 10.1. The van der Waals surface area contributed by atoms with Gasteiger partial charge >= 0.3 is 12.1 Å². The summed E-state index contributed by atoms with van der Waals surface area (Å²) in [5, 5.41) is 5.35. The van der Waals surface area contributed by atoms with E-state index in [2.05, 4.69) is 10.6 Å². The molecule has 0 radical (unpaired) electrons. The van der Waals surface area contributed by atoms with Gasteiger partial charge in [0.2, 0.25) is 0 Å². The second-order valence-corrected chi connectivity index (χ2v) is 7.69. The third-order valence-corrected chi connectivity index (χ3v) is 3.49. The lowest BCUT2D eigenvalue weighted by molar-refractivity contribution is 0.0377. The predicted molar refractivity (Wildman–Crippen MR) is 111 cm³/mol. The number of rotatable bonds is 5. The van der Waals surface area contributed by atoms with E-state index in [1.165, 1.54) is 0 Å². The van der Waals surface area contributed by atoms with Crippen LogP contribution in [0.4, 0.5) is 16.2 Å². The molecule has 0 saturated heterocycles. The Labute approximate surface area is 170 Å². The van der Waals surface area contributed by atoms with Crippen LogP contribution in [0.3, 0.4) is 0 Å². The highest BCUT2D eigenvalue weighted by atomic mass is 16.6. The molecule has 0 aliphatic heterocycles. The van der Waals surface area contributed by atoms with Crippen molar-refractivity contribution in [1.29, 1.82) is 0 Å². The van der Waals surface area contributed by atoms with Crippen LogP contribution < -0.4 is 10.6 Å². The Kier molecular flexibility index (Phi) is 6.98. The van der Waals surface area contributed by atoms with Crippen LogP contribution in [0.25, 0.3) is 0 Å². The lowest BCUT2D eigenvalue weighted by Crippen LogP contribution is -2.27. The van der Waals surface area contributed by atoms with Crippen molar-refractivity contribution in [3.8, 4) is 0 Å². The summed E-state index contributed by atoms with van der Waals surface area (Å²) in [4.78, 5) is 36.2. The highest BCUT2D eigenvalue weighted by Crippen LogP contribution is 2.16. The van der Waals surface area contributed by atoms with Crippen LogP contribution in [0.2, 0.25) is 0 Å². The molecule has 2 aromatic rings. The molecule has 0 spiro atoms. The van der Waals surface area contributed by atoms with E-state index in [-0.39, 0.29) is 12.0 Å². The molecule has 0 bridgehead atoms. The van der Waals surface area contributed by atoms with E-state index in [0.717, 1.165) is 0 Å². The van der Waals surface area contributed by atoms with Crippen molar-refractivity contribution in [3.63, 3.8) is 0 Å². The number of ether oxygens (including phenoxy) is 2. The van der Waals surface area contributed by atoms with Crippen molar-refractivity contribution >= 4 is 29.3 Å². The lowest BCUT2D eigenvalue weighted by Gasteiger charge is -2.19. The Bertz CT molecular complexity index is 883. The average molecular weight is 398 g/mol. The highest BCUT2D eigenvalue weighted by molar-refractivity contribution is 6.05. The number of hydrogen-bond donors (Lipinski definition) is 2. The van der Waals surface area contributed by atoms with Crippen LogP contribution in [0.5, 0.6) is 0 Å². The minimum Gasteiger partial charge on any atom is -0.459 e. The number of hydrogen-bond acceptors (Lipinski definition) is 5. The zero-order chi connectivity index (χ0) is 21.6. The molecule has 7 heteroatoms. The number of esters is 1. The Hall–Kier alpha value is -3.35. The smallest absolute Gasteiger partial charge is 0.412 e. The maximum Gasteiger partial charge on any atom is 0.412 e. The van der Waals surface area contributed by atoms with Crippen LogP contribution in [0.1, 0.15) is 55.3 Å². The van der Waals surface area contributed by atoms with Crippen molar-refractivity contribution < 1.29 is 23.9 Å². The second-order valence-electron chi connectivity index (χ2n) is 7.69. The van der Waals surface area contributed by atoms with E-state index in [1.54, 1.807) is 83.1 Å². The van der Waals surface area contributed by atoms with Gasteiger partial charge in [0.25, 0.3) is 5.91 Å². The third kappa shape index (κ3) is 7.29. The summed E-state index contributed by atoms with van der Waals surface area (Å²) in [6.45, 7) is 8.86. The molecule has 0 aliphatic rings. The molecule has 154 valence electrons. The van der Waals surface area contributed by atoms with Gasteiger partial charge in [-0.25, -0.2) is 9.59 Å². The summed E-state index contributed by atoms with van der Waals surface area (Å²) < 4.78 is 10.3. The van der Waals surface area contributed by atoms with Crippen LogP contribution in [-0.2, 0) is 9.47 Å². The van der Waals surface area contributed by atoms with Crippen molar-refractivity contribution in [2.24, 2.45) is 0 Å². The Morgan fingerprint density at radius 3 is 2.10 bits per heavy atom. The number of anilines is 2. The van der Waals surface area contributed by atoms with Crippen LogP contribution in [-0.4, -0.2) is 29.7 Å². The molecule has 0 heterocycles. The average Bonchev–Trinajstić information content (AvgIpc) is 2.60. The summed E-state index contributed by atoms with van der Waals surface area (Å²) in [5.74, 6) is -0.769. The van der Waals surface area contributed by atoms with Gasteiger partial charge in [0.1, 0.15) is 5.60 Å². The SMILES string of the molecule is CC(C)OC(=O)c1ccc(NC(=O)c2cccc(NC(=O)OC(C)(C)C)c2)cc1. The van der Waals surface area contributed by atoms with Crippen molar-refractivity contribution in [3.05, 3.63) is 59.7 Å². The normalized spacial score (nSPS) is 11.0. The fraction of sp³-hybridized carbons (Fsp3) is 0.318. The topological polar surface area (TPSA) is 93.7 Å². The number of benzene rings is 2. The van der Waals surface area contributed by atoms with E-state index in [4.69, 9.17) is 9.47 Å². The Morgan fingerprint density at radius 1 is 0.862 bits per heavy atom. The monoisotopic (exact) mass is 398 g/mol. The van der Waals surface area contributed by atoms with Gasteiger partial charge in [0.05, 0.1) is 11.7 Å². The van der Waals surface area contributed by atoms with E-state index < -0.39 is 17.7 Å². The molecule has 7 nitrogen and oxygen atoms in total. The quantitative estimate of drug-likeness (QED) is 0.702. The van der Waals surface area contributed by atoms with Gasteiger partial charge in [0, 0.05) is 16.9 Å². The number of carbonyl (C=O) groups excluding carboxylic acids is 3. The van der Waals surface area contributed by atoms with Crippen molar-refractivity contribution in [2.75, 3.05) is 10.6 Å². The van der Waals surface area contributed by atoms with E-state index >= 15 is 0 Å². The van der Waals surface area contributed by atoms with Gasteiger partial charge in [-0.3, -0.25) is 10.1 Å². The van der Waals surface area contributed by atoms with Crippen LogP contribution >= 0.6 is 0 Å². The first kappa shape index (κ1) is 21.9. The van der Waals surface area contributed by atoms with E-state index in [0.29, 0.717) is 22.5 Å². The van der Waals surface area contributed by atoms with E-state index in [1.807, 2.05) is 0 Å². The molecule has 0 fully saturated rings. The van der Waals surface area contributed by atoms with Gasteiger partial charge in [-0.2, -0.15) is 0 Å². The molecular weight excluding hydrogens is 372 g/mol. The van der Waals surface area contributed by atoms with Gasteiger partial charge in [-0.15, -0.1) is 0 Å². The minimum atomic E-state index is -0.618. The molecule has 0 aliphatic carbocycles. The number of carbonyl (C=O) groups is 3. The Balaban J connectivity index is 2.02. The molecule has 2 aromatic carbocycles. The van der Waals surface area contributed by atoms with Crippen LogP contribution in [0, 0.1) is 0 Å². The van der Waals surface area contributed by atoms with Crippen molar-refractivity contribution in [2.45, 2.75) is 46.3 Å². The van der Waals surface area contributed by atoms with E-state index in [9.17, 15) is 14.4 Å². The third-order valence-electron chi connectivity index (χ3n) is 3.49. The summed E-state index contributed by atoms with van der Waals surface area (Å²) >= 11 is 0. The summed E-state index contributed by atoms with van der Waals surface area (Å²) in [6.07, 6.45) is -0.803. The molecule has 0 saturated carbocycles. The minimum absolute atomic E-state index is 0.205. The largest absolute Gasteiger partial charge is 0.459 e. The zero-order valence-electron chi connectivity index (χ0n) is 17.2. The molecule has 29 heavy (non-hydrogen) atoms. The molecule has 0 atom stereocenters. The fourth-order valence-corrected chi connectivity index (χ4v) is 2.33. The first-order chi connectivity index (χ1) is 13.5. The molecular formula is C22H26N2O5. The van der Waals surface area contributed by atoms with Crippen LogP contribution in [0.15, 0.2) is 48.5 Å². The molecule has 0 unspecified atom stereocenters. The highest BCUT2D eigenvalue weighted by Gasteiger charge is 2.17. The molecule has 2 N–H and O–H groups in total. The maximum atomic E-state index is 12.5. The second kappa shape index (κ2) is 9.23. The molecule has 0 aromatic heterocycles. The molecule has 2 rings (SSSR count). The van der Waals surface area contributed by atoms with Gasteiger partial charge in [-0.1, -0.05) is 6.07 Å². The zero-order valence-corrected chi connectivity index (χ0v) is 17.2. The fourth-order valence-electron chi connectivity index (χ4n) is 2.33. The van der Waals surface area contributed by atoms with Gasteiger partial charge in [0.15, 0.2) is 0 Å². The predicted octanol–water partition coefficient (Wildman–Crippen LogP) is 4.85. The summed E-state index contributed by atoms with van der Waals surface area (Å²) in [7, 11) is 0.